The fourth-order valence-electron chi connectivity index (χ4n) is 2.99. The first-order valence-electron chi connectivity index (χ1n) is 7.85. The van der Waals surface area contributed by atoms with Crippen LogP contribution in [-0.2, 0) is 38.1 Å². The fourth-order valence-corrected chi connectivity index (χ4v) is 2.99. The number of carbonyl (C=O) groups excluding carboxylic acids is 3. The molecule has 2 saturated heterocycles. The van der Waals surface area contributed by atoms with E-state index in [-0.39, 0.29) is 19.1 Å². The van der Waals surface area contributed by atoms with Gasteiger partial charge in [0.2, 0.25) is 5.91 Å². The molecule has 0 aromatic rings. The van der Waals surface area contributed by atoms with Crippen LogP contribution in [0.4, 0.5) is 0 Å². The van der Waals surface area contributed by atoms with E-state index in [9.17, 15) is 19.5 Å². The van der Waals surface area contributed by atoms with Crippen LogP contribution in [0.2, 0.25) is 0 Å². The van der Waals surface area contributed by atoms with Gasteiger partial charge in [-0.05, 0) is 6.92 Å². The molecule has 2 aliphatic heterocycles. The number of rotatable bonds is 6. The summed E-state index contributed by atoms with van der Waals surface area (Å²) in [5.74, 6) is -1.54. The quantitative estimate of drug-likeness (QED) is 0.444. The van der Waals surface area contributed by atoms with Crippen LogP contribution in [-0.4, -0.2) is 72.6 Å². The van der Waals surface area contributed by atoms with Gasteiger partial charge in [-0.3, -0.25) is 14.4 Å². The second kappa shape index (κ2) is 7.65. The highest BCUT2D eigenvalue weighted by molar-refractivity contribution is 5.73. The maximum Gasteiger partial charge on any atom is 0.303 e. The molecule has 2 fully saturated rings. The minimum Gasteiger partial charge on any atom is -0.463 e. The molecule has 6 atom stereocenters. The zero-order chi connectivity index (χ0) is 18.8. The first kappa shape index (κ1) is 19.6. The summed E-state index contributed by atoms with van der Waals surface area (Å²) in [6.45, 7) is 4.84. The lowest BCUT2D eigenvalue weighted by molar-refractivity contribution is -0.274. The molecule has 1 amide bonds. The van der Waals surface area contributed by atoms with Crippen LogP contribution in [0.5, 0.6) is 0 Å². The number of hydrogen-bond donors (Lipinski definition) is 2. The van der Waals surface area contributed by atoms with Gasteiger partial charge in [0.25, 0.3) is 0 Å². The summed E-state index contributed by atoms with van der Waals surface area (Å²) >= 11 is 0. The zero-order valence-electron chi connectivity index (χ0n) is 14.5. The smallest absolute Gasteiger partial charge is 0.303 e. The third-order valence-corrected chi connectivity index (χ3v) is 3.84. The lowest BCUT2D eigenvalue weighted by Crippen LogP contribution is -2.68. The summed E-state index contributed by atoms with van der Waals surface area (Å²) in [5, 5.41) is 12.3. The van der Waals surface area contributed by atoms with Gasteiger partial charge >= 0.3 is 11.9 Å². The van der Waals surface area contributed by atoms with E-state index >= 15 is 0 Å². The Labute approximate surface area is 144 Å². The molecule has 10 nitrogen and oxygen atoms in total. The number of ether oxygens (including phenoxy) is 5. The number of amides is 1. The highest BCUT2D eigenvalue weighted by Gasteiger charge is 2.63. The Hall–Kier alpha value is -1.75. The molecule has 2 N–H and O–H groups in total. The van der Waals surface area contributed by atoms with Crippen molar-refractivity contribution < 1.29 is 43.2 Å². The van der Waals surface area contributed by atoms with Gasteiger partial charge in [0.1, 0.15) is 18.8 Å². The molecule has 142 valence electrons. The molecule has 0 aromatic carbocycles. The molecule has 0 aliphatic carbocycles. The lowest BCUT2D eigenvalue weighted by atomic mass is 9.87. The Kier molecular flexibility index (Phi) is 5.99. The van der Waals surface area contributed by atoms with Crippen molar-refractivity contribution in [2.24, 2.45) is 0 Å². The van der Waals surface area contributed by atoms with Crippen LogP contribution in [0.3, 0.4) is 0 Å². The van der Waals surface area contributed by atoms with E-state index in [2.05, 4.69) is 5.32 Å². The first-order valence-corrected chi connectivity index (χ1v) is 7.85. The minimum absolute atomic E-state index is 0.0430. The predicted octanol–water partition coefficient (Wildman–Crippen LogP) is -1.17. The maximum atomic E-state index is 11.6. The molecule has 1 unspecified atom stereocenters. The first-order chi connectivity index (χ1) is 11.6. The number of aliphatic hydroxyl groups is 1. The van der Waals surface area contributed by atoms with Crippen molar-refractivity contribution in [2.75, 3.05) is 13.2 Å². The normalized spacial score (nSPS) is 34.9. The number of hydrogen-bond acceptors (Lipinski definition) is 9. The van der Waals surface area contributed by atoms with E-state index in [1.165, 1.54) is 27.7 Å². The van der Waals surface area contributed by atoms with Gasteiger partial charge in [-0.15, -0.1) is 0 Å². The lowest BCUT2D eigenvalue weighted by Gasteiger charge is -2.46. The SMILES string of the molecule is CC(=O)N[C@H]1[C@H]2OC[C@](COC(C)=O)(O2)[C@H](OC(C)=O)[C@@H]1OC(C)O. The Morgan fingerprint density at radius 2 is 1.96 bits per heavy atom. The highest BCUT2D eigenvalue weighted by atomic mass is 16.8. The van der Waals surface area contributed by atoms with Crippen LogP contribution < -0.4 is 5.32 Å². The van der Waals surface area contributed by atoms with E-state index in [0.29, 0.717) is 0 Å². The number of nitrogens with one attached hydrogen (secondary N) is 1. The van der Waals surface area contributed by atoms with Crippen molar-refractivity contribution in [3.63, 3.8) is 0 Å². The Morgan fingerprint density at radius 3 is 2.48 bits per heavy atom. The summed E-state index contributed by atoms with van der Waals surface area (Å²) in [5.41, 5.74) is -1.30. The van der Waals surface area contributed by atoms with Gasteiger partial charge in [-0.2, -0.15) is 0 Å². The van der Waals surface area contributed by atoms with Gasteiger partial charge in [-0.1, -0.05) is 0 Å². The average Bonchev–Trinajstić information content (AvgIpc) is 2.87. The fraction of sp³-hybridized carbons (Fsp3) is 0.800. The largest absolute Gasteiger partial charge is 0.463 e. The average molecular weight is 361 g/mol. The van der Waals surface area contributed by atoms with Gasteiger partial charge < -0.3 is 34.1 Å². The summed E-state index contributed by atoms with van der Waals surface area (Å²) < 4.78 is 27.3. The standard InChI is InChI=1S/C15H23NO9/c1-7(17)16-11-12(23-9(3)19)13(24-10(4)20)15(5-21-8(2)18)6-22-14(11)25-15/h9,11-14,19H,5-6H2,1-4H3,(H,16,17)/t9?,11-,12-,13-,14+,15+/m1/s1. The number of fused-ring (bicyclic) bond motifs is 2. The van der Waals surface area contributed by atoms with Gasteiger partial charge in [-0.25, -0.2) is 0 Å². The minimum atomic E-state index is -1.30. The van der Waals surface area contributed by atoms with E-state index in [0.717, 1.165) is 0 Å². The van der Waals surface area contributed by atoms with Crippen LogP contribution in [0.15, 0.2) is 0 Å². The van der Waals surface area contributed by atoms with Crippen molar-refractivity contribution in [1.82, 2.24) is 5.32 Å². The van der Waals surface area contributed by atoms with Crippen molar-refractivity contribution in [1.29, 1.82) is 0 Å². The number of esters is 2. The summed E-state index contributed by atoms with van der Waals surface area (Å²) in [4.78, 5) is 34.3. The third kappa shape index (κ3) is 4.46. The molecule has 10 heteroatoms. The Balaban J connectivity index is 2.37. The van der Waals surface area contributed by atoms with Gasteiger partial charge in [0.15, 0.2) is 24.3 Å². The molecule has 2 bridgehead atoms. The molecular formula is C15H23NO9. The van der Waals surface area contributed by atoms with Crippen molar-refractivity contribution in [3.8, 4) is 0 Å². The molecular weight excluding hydrogens is 338 g/mol. The Bertz CT molecular complexity index is 537. The molecule has 2 heterocycles. The Morgan fingerprint density at radius 1 is 1.28 bits per heavy atom. The van der Waals surface area contributed by atoms with Crippen LogP contribution in [0.25, 0.3) is 0 Å². The molecule has 0 saturated carbocycles. The molecule has 0 radical (unpaired) electrons. The summed E-state index contributed by atoms with van der Waals surface area (Å²) in [7, 11) is 0. The number of aliphatic hydroxyl groups excluding tert-OH is 1. The number of carbonyl (C=O) groups is 3. The van der Waals surface area contributed by atoms with E-state index in [1.54, 1.807) is 0 Å². The van der Waals surface area contributed by atoms with Crippen molar-refractivity contribution >= 4 is 17.8 Å². The maximum absolute atomic E-state index is 11.6. The van der Waals surface area contributed by atoms with Crippen molar-refractivity contribution in [3.05, 3.63) is 0 Å². The zero-order valence-corrected chi connectivity index (χ0v) is 14.5. The molecule has 0 spiro atoms. The summed E-state index contributed by atoms with van der Waals surface area (Å²) in [6, 6.07) is -0.829. The van der Waals surface area contributed by atoms with Crippen LogP contribution >= 0.6 is 0 Å². The monoisotopic (exact) mass is 361 g/mol. The molecule has 25 heavy (non-hydrogen) atoms. The van der Waals surface area contributed by atoms with Crippen LogP contribution in [0, 0.1) is 0 Å². The van der Waals surface area contributed by atoms with Gasteiger partial charge in [0.05, 0.1) is 6.61 Å². The highest BCUT2D eigenvalue weighted by Crippen LogP contribution is 2.40. The van der Waals surface area contributed by atoms with E-state index in [4.69, 9.17) is 23.7 Å². The summed E-state index contributed by atoms with van der Waals surface area (Å²) in [6.07, 6.45) is -4.16. The second-order valence-corrected chi connectivity index (χ2v) is 6.10. The molecule has 2 aliphatic rings. The third-order valence-electron chi connectivity index (χ3n) is 3.84. The topological polar surface area (TPSA) is 130 Å². The van der Waals surface area contributed by atoms with Crippen molar-refractivity contribution in [2.45, 2.75) is 64.1 Å². The van der Waals surface area contributed by atoms with Crippen LogP contribution in [0.1, 0.15) is 27.7 Å². The van der Waals surface area contributed by atoms with E-state index in [1.807, 2.05) is 0 Å². The van der Waals surface area contributed by atoms with E-state index < -0.39 is 48.4 Å². The van der Waals surface area contributed by atoms with Gasteiger partial charge in [0, 0.05) is 20.8 Å². The molecule has 0 aromatic heterocycles. The second-order valence-electron chi connectivity index (χ2n) is 6.10. The predicted molar refractivity (Wildman–Crippen MR) is 79.9 cm³/mol. The molecule has 2 rings (SSSR count).